The molecule has 0 aliphatic carbocycles. The Kier molecular flexibility index (Phi) is 7.77. The average Bonchev–Trinajstić information content (AvgIpc) is 3.21. The number of hydrogen-bond donors (Lipinski definition) is 1. The second-order valence-corrected chi connectivity index (χ2v) is 9.58. The molecule has 0 spiro atoms. The molecule has 0 radical (unpaired) electrons. The van der Waals surface area contributed by atoms with Crippen molar-refractivity contribution in [3.63, 3.8) is 0 Å². The van der Waals surface area contributed by atoms with Crippen LogP contribution in [-0.4, -0.2) is 39.9 Å². The summed E-state index contributed by atoms with van der Waals surface area (Å²) >= 11 is 5.92. The van der Waals surface area contributed by atoms with E-state index in [4.69, 9.17) is 11.6 Å². The zero-order valence-corrected chi connectivity index (χ0v) is 21.6. The van der Waals surface area contributed by atoms with Crippen LogP contribution in [0, 0.1) is 11.6 Å². The summed E-state index contributed by atoms with van der Waals surface area (Å²) in [7, 11) is 0. The molecule has 3 heterocycles. The summed E-state index contributed by atoms with van der Waals surface area (Å²) in [6.07, 6.45) is 0.573. The molecule has 0 atom stereocenters. The van der Waals surface area contributed by atoms with Crippen molar-refractivity contribution < 1.29 is 31.5 Å². The first-order chi connectivity index (χ1) is 19.1. The standard InChI is InChI=1S/C28H22ClF5N4O2/c29-26-13-18(7-9-35-26)15-36-27(39)38-24-8-11-37(10-1-2-17-3-6-22(30)23(31)12-17)16-21(24)20-5-4-19(14-25(20)38)40-28(32,33)34/h1-7,9,12-14H,8,10-11,15-16H2,(H,36,39). The van der Waals surface area contributed by atoms with Crippen LogP contribution >= 0.6 is 11.6 Å². The number of aromatic nitrogens is 2. The van der Waals surface area contributed by atoms with Gasteiger partial charge in [0.05, 0.1) is 5.52 Å². The number of rotatable bonds is 6. The minimum Gasteiger partial charge on any atom is -0.406 e. The van der Waals surface area contributed by atoms with Gasteiger partial charge >= 0.3 is 12.4 Å². The number of alkyl halides is 3. The van der Waals surface area contributed by atoms with Crippen molar-refractivity contribution in [2.24, 2.45) is 0 Å². The monoisotopic (exact) mass is 576 g/mol. The van der Waals surface area contributed by atoms with E-state index in [1.54, 1.807) is 18.2 Å². The summed E-state index contributed by atoms with van der Waals surface area (Å²) in [6, 6.07) is 10.4. The van der Waals surface area contributed by atoms with Gasteiger partial charge < -0.3 is 10.1 Å². The van der Waals surface area contributed by atoms with Crippen LogP contribution < -0.4 is 10.1 Å². The Morgan fingerprint density at radius 3 is 2.67 bits per heavy atom. The number of amides is 1. The number of hydrogen-bond acceptors (Lipinski definition) is 4. The summed E-state index contributed by atoms with van der Waals surface area (Å²) < 4.78 is 71.0. The van der Waals surface area contributed by atoms with Crippen LogP contribution in [-0.2, 0) is 19.5 Å². The molecule has 208 valence electrons. The third-order valence-electron chi connectivity index (χ3n) is 6.49. The van der Waals surface area contributed by atoms with Gasteiger partial charge in [0.1, 0.15) is 10.9 Å². The smallest absolute Gasteiger partial charge is 0.406 e. The number of nitrogens with one attached hydrogen (secondary N) is 1. The van der Waals surface area contributed by atoms with Crippen molar-refractivity contribution in [1.29, 1.82) is 0 Å². The van der Waals surface area contributed by atoms with Crippen molar-refractivity contribution in [2.45, 2.75) is 25.9 Å². The van der Waals surface area contributed by atoms with E-state index >= 15 is 0 Å². The molecule has 5 rings (SSSR count). The molecule has 40 heavy (non-hydrogen) atoms. The van der Waals surface area contributed by atoms with Gasteiger partial charge in [0.25, 0.3) is 0 Å². The molecule has 0 saturated heterocycles. The van der Waals surface area contributed by atoms with Crippen molar-refractivity contribution in [3.05, 3.63) is 100.0 Å². The molecule has 0 saturated carbocycles. The fourth-order valence-electron chi connectivity index (χ4n) is 4.74. The summed E-state index contributed by atoms with van der Waals surface area (Å²) in [6.45, 7) is 1.60. The van der Waals surface area contributed by atoms with E-state index in [0.29, 0.717) is 48.3 Å². The van der Waals surface area contributed by atoms with E-state index in [9.17, 15) is 26.7 Å². The van der Waals surface area contributed by atoms with Gasteiger partial charge in [-0.15, -0.1) is 13.2 Å². The molecule has 2 aromatic carbocycles. The van der Waals surface area contributed by atoms with Crippen LogP contribution in [0.25, 0.3) is 17.0 Å². The van der Waals surface area contributed by atoms with Crippen molar-refractivity contribution in [3.8, 4) is 5.75 Å². The van der Waals surface area contributed by atoms with Crippen molar-refractivity contribution in [2.75, 3.05) is 13.1 Å². The van der Waals surface area contributed by atoms with Gasteiger partial charge in [0.15, 0.2) is 11.6 Å². The zero-order chi connectivity index (χ0) is 28.4. The van der Waals surface area contributed by atoms with E-state index in [1.165, 1.54) is 35.0 Å². The Morgan fingerprint density at radius 2 is 1.93 bits per heavy atom. The second-order valence-electron chi connectivity index (χ2n) is 9.19. The summed E-state index contributed by atoms with van der Waals surface area (Å²) in [4.78, 5) is 19.4. The number of fused-ring (bicyclic) bond motifs is 3. The molecule has 1 aliphatic rings. The molecule has 0 bridgehead atoms. The third-order valence-corrected chi connectivity index (χ3v) is 6.70. The Balaban J connectivity index is 1.42. The maximum Gasteiger partial charge on any atom is 0.573 e. The highest BCUT2D eigenvalue weighted by Crippen LogP contribution is 2.34. The summed E-state index contributed by atoms with van der Waals surface area (Å²) in [5, 5.41) is 3.70. The first-order valence-electron chi connectivity index (χ1n) is 12.2. The maximum absolute atomic E-state index is 13.5. The average molecular weight is 577 g/mol. The molecule has 12 heteroatoms. The molecule has 2 aromatic heterocycles. The molecular weight excluding hydrogens is 555 g/mol. The molecule has 1 aliphatic heterocycles. The first kappa shape index (κ1) is 27.6. The topological polar surface area (TPSA) is 59.4 Å². The molecular formula is C28H22ClF5N4O2. The van der Waals surface area contributed by atoms with Crippen molar-refractivity contribution >= 4 is 34.6 Å². The van der Waals surface area contributed by atoms with Gasteiger partial charge in [-0.1, -0.05) is 29.8 Å². The summed E-state index contributed by atoms with van der Waals surface area (Å²) in [5.74, 6) is -2.29. The largest absolute Gasteiger partial charge is 0.573 e. The normalized spacial score (nSPS) is 14.1. The lowest BCUT2D eigenvalue weighted by Gasteiger charge is -2.27. The Labute approximate surface area is 230 Å². The van der Waals surface area contributed by atoms with E-state index < -0.39 is 29.8 Å². The Bertz CT molecular complexity index is 1600. The highest BCUT2D eigenvalue weighted by atomic mass is 35.5. The minimum absolute atomic E-state index is 0.134. The highest BCUT2D eigenvalue weighted by Gasteiger charge is 2.32. The number of ether oxygens (including phenoxy) is 1. The maximum atomic E-state index is 13.5. The van der Waals surface area contributed by atoms with Crippen molar-refractivity contribution in [1.82, 2.24) is 19.8 Å². The van der Waals surface area contributed by atoms with Gasteiger partial charge in [-0.25, -0.2) is 18.6 Å². The SMILES string of the molecule is O=C(NCc1ccnc(Cl)c1)n1c2c(c3ccc(OC(F)(F)F)cc31)CN(CC=Cc1ccc(F)c(F)c1)CC2. The van der Waals surface area contributed by atoms with Gasteiger partial charge in [-0.2, -0.15) is 0 Å². The highest BCUT2D eigenvalue weighted by molar-refractivity contribution is 6.29. The second kappa shape index (κ2) is 11.3. The lowest BCUT2D eigenvalue weighted by atomic mass is 10.0. The van der Waals surface area contributed by atoms with E-state index in [1.807, 2.05) is 6.08 Å². The minimum atomic E-state index is -4.88. The predicted molar refractivity (Wildman–Crippen MR) is 140 cm³/mol. The van der Waals surface area contributed by atoms with E-state index in [-0.39, 0.29) is 17.2 Å². The predicted octanol–water partition coefficient (Wildman–Crippen LogP) is 6.70. The number of carbonyl (C=O) groups excluding carboxylic acids is 1. The lowest BCUT2D eigenvalue weighted by molar-refractivity contribution is -0.274. The fourth-order valence-corrected chi connectivity index (χ4v) is 4.94. The van der Waals surface area contributed by atoms with E-state index in [0.717, 1.165) is 17.7 Å². The zero-order valence-electron chi connectivity index (χ0n) is 20.8. The van der Waals surface area contributed by atoms with Gasteiger partial charge in [0.2, 0.25) is 0 Å². The summed E-state index contributed by atoms with van der Waals surface area (Å²) in [5.41, 5.74) is 3.00. The number of benzene rings is 2. The Morgan fingerprint density at radius 1 is 1.10 bits per heavy atom. The third kappa shape index (κ3) is 6.26. The number of nitrogens with zero attached hydrogens (tertiary/aromatic N) is 3. The van der Waals surface area contributed by atoms with Gasteiger partial charge in [-0.05, 0) is 53.1 Å². The van der Waals surface area contributed by atoms with Crippen LogP contribution in [0.5, 0.6) is 5.75 Å². The molecule has 1 N–H and O–H groups in total. The molecule has 4 aromatic rings. The van der Waals surface area contributed by atoms with Gasteiger partial charge in [-0.3, -0.25) is 9.47 Å². The lowest BCUT2D eigenvalue weighted by Crippen LogP contribution is -2.34. The Hall–Kier alpha value is -3.96. The quantitative estimate of drug-likeness (QED) is 0.205. The molecule has 1 amide bonds. The molecule has 0 fully saturated rings. The first-order valence-corrected chi connectivity index (χ1v) is 12.6. The van der Waals surface area contributed by atoms with E-state index in [2.05, 4.69) is 19.9 Å². The number of carbonyl (C=O) groups is 1. The van der Waals surface area contributed by atoms with Crippen LogP contribution in [0.1, 0.15) is 22.4 Å². The van der Waals surface area contributed by atoms with Crippen LogP contribution in [0.15, 0.2) is 60.8 Å². The van der Waals surface area contributed by atoms with Crippen LogP contribution in [0.2, 0.25) is 5.15 Å². The van der Waals surface area contributed by atoms with Crippen LogP contribution in [0.4, 0.5) is 26.7 Å². The number of pyridine rings is 1. The molecule has 0 unspecified atom stereocenters. The fraction of sp³-hybridized carbons (Fsp3) is 0.214. The van der Waals surface area contributed by atoms with Gasteiger partial charge in [0, 0.05) is 55.9 Å². The molecule has 6 nitrogen and oxygen atoms in total. The number of halogens is 6. The van der Waals surface area contributed by atoms with Crippen LogP contribution in [0.3, 0.4) is 0 Å².